The van der Waals surface area contributed by atoms with Gasteiger partial charge in [0.15, 0.2) is 0 Å². The third-order valence-electron chi connectivity index (χ3n) is 6.11. The number of amides is 2. The van der Waals surface area contributed by atoms with Crippen LogP contribution in [0.3, 0.4) is 0 Å². The first-order valence-electron chi connectivity index (χ1n) is 11.3. The van der Waals surface area contributed by atoms with Crippen molar-refractivity contribution in [1.29, 1.82) is 0 Å². The minimum Gasteiger partial charge on any atom is -0.335 e. The second-order valence-corrected chi connectivity index (χ2v) is 10.8. The Balaban J connectivity index is 1.28. The fourth-order valence-corrected chi connectivity index (χ4v) is 6.02. The van der Waals surface area contributed by atoms with Crippen LogP contribution in [0.1, 0.15) is 26.4 Å². The maximum Gasteiger partial charge on any atom is 0.273 e. The number of carbonyl (C=O) groups excluding carboxylic acids is 2. The van der Waals surface area contributed by atoms with Crippen molar-refractivity contribution in [2.24, 2.45) is 0 Å². The Morgan fingerprint density at radius 1 is 0.944 bits per heavy atom. The van der Waals surface area contributed by atoms with Crippen LogP contribution < -0.4 is 4.72 Å². The minimum absolute atomic E-state index is 0.0882. The van der Waals surface area contributed by atoms with E-state index in [2.05, 4.69) is 14.7 Å². The Labute approximate surface area is 212 Å². The Morgan fingerprint density at radius 3 is 2.36 bits per heavy atom. The first kappa shape index (κ1) is 23.9. The third kappa shape index (κ3) is 4.67. The molecule has 0 radical (unpaired) electrons. The van der Waals surface area contributed by atoms with Crippen molar-refractivity contribution in [3.63, 3.8) is 0 Å². The summed E-state index contributed by atoms with van der Waals surface area (Å²) in [7, 11) is -3.90. The van der Waals surface area contributed by atoms with Gasteiger partial charge in [-0.05, 0) is 42.8 Å². The molecule has 3 heterocycles. The number of fused-ring (bicyclic) bond motifs is 1. The van der Waals surface area contributed by atoms with E-state index in [-0.39, 0.29) is 16.7 Å². The van der Waals surface area contributed by atoms with Crippen LogP contribution >= 0.6 is 11.3 Å². The number of thiazole rings is 1. The van der Waals surface area contributed by atoms with Crippen molar-refractivity contribution in [2.75, 3.05) is 30.9 Å². The minimum atomic E-state index is -3.90. The number of rotatable bonds is 5. The lowest BCUT2D eigenvalue weighted by atomic mass is 10.1. The second-order valence-electron chi connectivity index (χ2n) is 8.42. The fraction of sp³-hybridized carbons (Fsp3) is 0.200. The zero-order valence-corrected chi connectivity index (χ0v) is 21.1. The van der Waals surface area contributed by atoms with E-state index in [1.54, 1.807) is 64.1 Å². The van der Waals surface area contributed by atoms with E-state index >= 15 is 0 Å². The number of aromatic nitrogens is 2. The maximum absolute atomic E-state index is 13.1. The molecule has 36 heavy (non-hydrogen) atoms. The van der Waals surface area contributed by atoms with Crippen molar-refractivity contribution < 1.29 is 18.0 Å². The maximum atomic E-state index is 13.1. The number of pyridine rings is 1. The Kier molecular flexibility index (Phi) is 6.42. The molecule has 2 aromatic heterocycles. The second kappa shape index (κ2) is 9.67. The van der Waals surface area contributed by atoms with E-state index in [4.69, 9.17) is 0 Å². The molecule has 184 valence electrons. The van der Waals surface area contributed by atoms with Gasteiger partial charge in [0, 0.05) is 48.7 Å². The largest absolute Gasteiger partial charge is 0.335 e. The molecule has 5 rings (SSSR count). The van der Waals surface area contributed by atoms with Gasteiger partial charge in [-0.1, -0.05) is 18.2 Å². The van der Waals surface area contributed by atoms with Gasteiger partial charge in [-0.2, -0.15) is 0 Å². The molecule has 0 unspecified atom stereocenters. The molecule has 0 bridgehead atoms. The van der Waals surface area contributed by atoms with Crippen LogP contribution in [-0.4, -0.2) is 66.2 Å². The van der Waals surface area contributed by atoms with E-state index in [1.807, 2.05) is 12.1 Å². The average molecular weight is 522 g/mol. The van der Waals surface area contributed by atoms with Crippen LogP contribution in [0.2, 0.25) is 0 Å². The monoisotopic (exact) mass is 521 g/mol. The number of hydrogen-bond donors (Lipinski definition) is 1. The summed E-state index contributed by atoms with van der Waals surface area (Å²) in [6, 6.07) is 13.5. The highest BCUT2D eigenvalue weighted by Crippen LogP contribution is 2.26. The number of nitrogens with zero attached hydrogens (tertiary/aromatic N) is 4. The van der Waals surface area contributed by atoms with Crippen LogP contribution in [0, 0.1) is 6.92 Å². The summed E-state index contributed by atoms with van der Waals surface area (Å²) in [5.41, 5.74) is 3.91. The molecular formula is C25H23N5O4S2. The van der Waals surface area contributed by atoms with Crippen molar-refractivity contribution >= 4 is 49.8 Å². The number of carbonyl (C=O) groups is 2. The molecule has 4 aromatic rings. The molecule has 2 aromatic carbocycles. The van der Waals surface area contributed by atoms with E-state index in [0.29, 0.717) is 54.2 Å². The van der Waals surface area contributed by atoms with Gasteiger partial charge in [0.05, 0.1) is 16.7 Å². The van der Waals surface area contributed by atoms with Crippen LogP contribution in [0.4, 0.5) is 5.69 Å². The van der Waals surface area contributed by atoms with Crippen molar-refractivity contribution in [3.8, 4) is 0 Å². The Morgan fingerprint density at radius 2 is 1.67 bits per heavy atom. The molecule has 1 saturated heterocycles. The summed E-state index contributed by atoms with van der Waals surface area (Å²) < 4.78 is 28.9. The van der Waals surface area contributed by atoms with E-state index in [0.717, 1.165) is 5.39 Å². The highest BCUT2D eigenvalue weighted by Gasteiger charge is 2.27. The summed E-state index contributed by atoms with van der Waals surface area (Å²) in [6.45, 7) is 3.43. The normalized spacial score (nSPS) is 14.1. The van der Waals surface area contributed by atoms with Crippen molar-refractivity contribution in [2.45, 2.75) is 11.8 Å². The summed E-state index contributed by atoms with van der Waals surface area (Å²) in [4.78, 5) is 37.4. The van der Waals surface area contributed by atoms with Gasteiger partial charge in [-0.3, -0.25) is 19.3 Å². The first-order chi connectivity index (χ1) is 17.3. The average Bonchev–Trinajstić information content (AvgIpc) is 3.44. The number of para-hydroxylation sites is 1. The first-order valence-corrected chi connectivity index (χ1v) is 13.7. The highest BCUT2D eigenvalue weighted by atomic mass is 32.2. The number of benzene rings is 2. The summed E-state index contributed by atoms with van der Waals surface area (Å²) in [5.74, 6) is -0.288. The Hall–Kier alpha value is -3.83. The number of anilines is 1. The lowest BCUT2D eigenvalue weighted by molar-refractivity contribution is 0.0532. The third-order valence-corrected chi connectivity index (χ3v) is 8.09. The molecule has 2 amide bonds. The SMILES string of the molecule is Cc1cc(C(=O)N2CCN(C(=O)c3cscn3)CC2)ccc1NS(=O)(=O)c1cccc2cccnc12. The number of sulfonamides is 1. The molecule has 1 aliphatic rings. The standard InChI is InChI=1S/C25H23N5O4S2/c1-17-14-19(24(31)29-10-12-30(13-11-29)25(32)21-15-35-16-27-21)7-8-20(17)28-36(33,34)22-6-2-4-18-5-3-9-26-23(18)22/h2-9,14-16,28H,10-13H2,1H3. The van der Waals surface area contributed by atoms with Crippen LogP contribution in [0.25, 0.3) is 10.9 Å². The van der Waals surface area contributed by atoms with Gasteiger partial charge in [0.1, 0.15) is 10.6 Å². The zero-order chi connectivity index (χ0) is 25.3. The van der Waals surface area contributed by atoms with E-state index in [9.17, 15) is 18.0 Å². The number of piperazine rings is 1. The topological polar surface area (TPSA) is 113 Å². The number of aryl methyl sites for hydroxylation is 1. The molecule has 11 heteroatoms. The molecule has 0 aliphatic carbocycles. The van der Waals surface area contributed by atoms with Gasteiger partial charge in [0.2, 0.25) is 0 Å². The summed E-state index contributed by atoms with van der Waals surface area (Å²) >= 11 is 1.37. The predicted molar refractivity (Wildman–Crippen MR) is 138 cm³/mol. The van der Waals surface area contributed by atoms with Gasteiger partial charge in [-0.25, -0.2) is 13.4 Å². The van der Waals surface area contributed by atoms with Gasteiger partial charge >= 0.3 is 0 Å². The van der Waals surface area contributed by atoms with E-state index < -0.39 is 10.0 Å². The van der Waals surface area contributed by atoms with Gasteiger partial charge in [0.25, 0.3) is 21.8 Å². The molecule has 0 spiro atoms. The zero-order valence-electron chi connectivity index (χ0n) is 19.4. The molecular weight excluding hydrogens is 498 g/mol. The quantitative estimate of drug-likeness (QED) is 0.431. The smallest absolute Gasteiger partial charge is 0.273 e. The fourth-order valence-electron chi connectivity index (χ4n) is 4.18. The van der Waals surface area contributed by atoms with Gasteiger partial charge < -0.3 is 9.80 Å². The van der Waals surface area contributed by atoms with Crippen LogP contribution in [0.15, 0.2) is 70.5 Å². The number of hydrogen-bond acceptors (Lipinski definition) is 7. The van der Waals surface area contributed by atoms with Crippen LogP contribution in [0.5, 0.6) is 0 Å². The highest BCUT2D eigenvalue weighted by molar-refractivity contribution is 7.93. The molecule has 0 atom stereocenters. The van der Waals surface area contributed by atoms with E-state index in [1.165, 1.54) is 17.4 Å². The molecule has 1 aliphatic heterocycles. The molecule has 9 nitrogen and oxygen atoms in total. The lowest BCUT2D eigenvalue weighted by Crippen LogP contribution is -2.50. The van der Waals surface area contributed by atoms with Crippen molar-refractivity contribution in [1.82, 2.24) is 19.8 Å². The predicted octanol–water partition coefficient (Wildman–Crippen LogP) is 3.40. The van der Waals surface area contributed by atoms with Crippen LogP contribution in [-0.2, 0) is 10.0 Å². The molecule has 1 fully saturated rings. The lowest BCUT2D eigenvalue weighted by Gasteiger charge is -2.34. The summed E-state index contributed by atoms with van der Waals surface area (Å²) in [6.07, 6.45) is 1.56. The molecule has 0 saturated carbocycles. The van der Waals surface area contributed by atoms with Crippen molar-refractivity contribution in [3.05, 3.63) is 82.4 Å². The molecule has 1 N–H and O–H groups in total. The summed E-state index contributed by atoms with van der Waals surface area (Å²) in [5, 5.41) is 2.45. The number of nitrogens with one attached hydrogen (secondary N) is 1. The van der Waals surface area contributed by atoms with Gasteiger partial charge in [-0.15, -0.1) is 11.3 Å². The Bertz CT molecular complexity index is 1540.